The van der Waals surface area contributed by atoms with Gasteiger partial charge in [-0.25, -0.2) is 0 Å². The van der Waals surface area contributed by atoms with Crippen LogP contribution in [0, 0.1) is 0 Å². The first-order chi connectivity index (χ1) is 9.65. The molecular weight excluding hydrogens is 314 g/mol. The Morgan fingerprint density at radius 3 is 2.60 bits per heavy atom. The first-order valence-electron chi connectivity index (χ1n) is 6.85. The Hall–Kier alpha value is -1.32. The molecule has 0 heterocycles. The summed E-state index contributed by atoms with van der Waals surface area (Å²) in [5.41, 5.74) is 2.46. The number of para-hydroxylation sites is 1. The molecule has 3 heteroatoms. The first kappa shape index (κ1) is 15.1. The molecular formula is C17H20BrNO. The predicted octanol–water partition coefficient (Wildman–Crippen LogP) is 4.53. The smallest absolute Gasteiger partial charge is 0.124 e. The second kappa shape index (κ2) is 7.46. The lowest BCUT2D eigenvalue weighted by Gasteiger charge is -2.14. The van der Waals surface area contributed by atoms with E-state index in [4.69, 9.17) is 4.74 Å². The molecule has 0 saturated heterocycles. The van der Waals surface area contributed by atoms with E-state index in [1.54, 1.807) is 0 Å². The summed E-state index contributed by atoms with van der Waals surface area (Å²) in [6.45, 7) is 5.74. The molecule has 20 heavy (non-hydrogen) atoms. The van der Waals surface area contributed by atoms with Crippen LogP contribution in [-0.2, 0) is 13.1 Å². The van der Waals surface area contributed by atoms with Crippen molar-refractivity contribution in [3.05, 3.63) is 64.1 Å². The van der Waals surface area contributed by atoms with E-state index >= 15 is 0 Å². The molecule has 0 atom stereocenters. The van der Waals surface area contributed by atoms with Gasteiger partial charge in [-0.3, -0.25) is 0 Å². The summed E-state index contributed by atoms with van der Waals surface area (Å²) >= 11 is 3.49. The second-order valence-corrected chi connectivity index (χ2v) is 5.92. The van der Waals surface area contributed by atoms with Crippen molar-refractivity contribution in [2.24, 2.45) is 0 Å². The SMILES string of the molecule is CC(C)Oc1ccccc1CNCc1cccc(Br)c1. The van der Waals surface area contributed by atoms with Crippen molar-refractivity contribution in [2.45, 2.75) is 33.0 Å². The molecule has 2 nitrogen and oxygen atoms in total. The molecule has 0 aromatic heterocycles. The van der Waals surface area contributed by atoms with Gasteiger partial charge in [0.2, 0.25) is 0 Å². The minimum atomic E-state index is 0.196. The molecule has 0 unspecified atom stereocenters. The summed E-state index contributed by atoms with van der Waals surface area (Å²) in [5.74, 6) is 0.962. The number of benzene rings is 2. The zero-order valence-corrected chi connectivity index (χ0v) is 13.5. The first-order valence-corrected chi connectivity index (χ1v) is 7.64. The molecule has 106 valence electrons. The van der Waals surface area contributed by atoms with E-state index in [0.29, 0.717) is 0 Å². The second-order valence-electron chi connectivity index (χ2n) is 5.01. The molecule has 2 aromatic carbocycles. The highest BCUT2D eigenvalue weighted by atomic mass is 79.9. The van der Waals surface area contributed by atoms with Gasteiger partial charge in [0.15, 0.2) is 0 Å². The summed E-state index contributed by atoms with van der Waals surface area (Å²) in [5, 5.41) is 3.46. The van der Waals surface area contributed by atoms with Gasteiger partial charge in [0, 0.05) is 23.1 Å². The molecule has 2 aromatic rings. The maximum atomic E-state index is 5.82. The fourth-order valence-electron chi connectivity index (χ4n) is 2.01. The summed E-state index contributed by atoms with van der Waals surface area (Å²) in [6, 6.07) is 16.5. The lowest BCUT2D eigenvalue weighted by atomic mass is 10.2. The van der Waals surface area contributed by atoms with Crippen molar-refractivity contribution in [3.8, 4) is 5.75 Å². The third-order valence-electron chi connectivity index (χ3n) is 2.87. The molecule has 0 amide bonds. The molecule has 0 saturated carbocycles. The standard InChI is InChI=1S/C17H20BrNO/c1-13(2)20-17-9-4-3-7-15(17)12-19-11-14-6-5-8-16(18)10-14/h3-10,13,19H,11-12H2,1-2H3. The zero-order valence-electron chi connectivity index (χ0n) is 11.9. The van der Waals surface area contributed by atoms with Crippen molar-refractivity contribution in [1.82, 2.24) is 5.32 Å². The lowest BCUT2D eigenvalue weighted by Crippen LogP contribution is -2.15. The third kappa shape index (κ3) is 4.66. The molecule has 0 spiro atoms. The van der Waals surface area contributed by atoms with Crippen LogP contribution in [0.2, 0.25) is 0 Å². The quantitative estimate of drug-likeness (QED) is 0.838. The van der Waals surface area contributed by atoms with Gasteiger partial charge in [0.25, 0.3) is 0 Å². The van der Waals surface area contributed by atoms with Crippen LogP contribution in [0.1, 0.15) is 25.0 Å². The minimum Gasteiger partial charge on any atom is -0.491 e. The van der Waals surface area contributed by atoms with Crippen molar-refractivity contribution >= 4 is 15.9 Å². The normalized spacial score (nSPS) is 10.8. The topological polar surface area (TPSA) is 21.3 Å². The van der Waals surface area contributed by atoms with E-state index in [0.717, 1.165) is 23.3 Å². The molecule has 0 aliphatic rings. The van der Waals surface area contributed by atoms with E-state index in [2.05, 4.69) is 45.5 Å². The van der Waals surface area contributed by atoms with Gasteiger partial charge in [-0.05, 0) is 37.6 Å². The van der Waals surface area contributed by atoms with Crippen molar-refractivity contribution in [3.63, 3.8) is 0 Å². The molecule has 0 radical (unpaired) electrons. The van der Waals surface area contributed by atoms with Gasteiger partial charge in [-0.15, -0.1) is 0 Å². The monoisotopic (exact) mass is 333 g/mol. The van der Waals surface area contributed by atoms with Crippen LogP contribution in [0.3, 0.4) is 0 Å². The number of nitrogens with one attached hydrogen (secondary N) is 1. The Bertz CT molecular complexity index is 554. The largest absolute Gasteiger partial charge is 0.491 e. The fraction of sp³-hybridized carbons (Fsp3) is 0.294. The van der Waals surface area contributed by atoms with Gasteiger partial charge in [0.1, 0.15) is 5.75 Å². The van der Waals surface area contributed by atoms with Crippen molar-refractivity contribution in [2.75, 3.05) is 0 Å². The third-order valence-corrected chi connectivity index (χ3v) is 3.36. The van der Waals surface area contributed by atoms with E-state index in [-0.39, 0.29) is 6.10 Å². The van der Waals surface area contributed by atoms with E-state index in [1.165, 1.54) is 11.1 Å². The van der Waals surface area contributed by atoms with Crippen LogP contribution in [-0.4, -0.2) is 6.10 Å². The van der Waals surface area contributed by atoms with Crippen LogP contribution < -0.4 is 10.1 Å². The van der Waals surface area contributed by atoms with Gasteiger partial charge in [0.05, 0.1) is 6.10 Å². The van der Waals surface area contributed by atoms with Crippen LogP contribution in [0.5, 0.6) is 5.75 Å². The highest BCUT2D eigenvalue weighted by Crippen LogP contribution is 2.19. The minimum absolute atomic E-state index is 0.196. The fourth-order valence-corrected chi connectivity index (χ4v) is 2.45. The number of ether oxygens (including phenoxy) is 1. The molecule has 0 fully saturated rings. The number of hydrogen-bond donors (Lipinski definition) is 1. The number of rotatable bonds is 6. The highest BCUT2D eigenvalue weighted by Gasteiger charge is 2.04. The molecule has 2 rings (SSSR count). The van der Waals surface area contributed by atoms with E-state index < -0.39 is 0 Å². The maximum Gasteiger partial charge on any atom is 0.124 e. The van der Waals surface area contributed by atoms with Crippen molar-refractivity contribution in [1.29, 1.82) is 0 Å². The molecule has 0 aliphatic carbocycles. The molecule has 0 bridgehead atoms. The van der Waals surface area contributed by atoms with E-state index in [9.17, 15) is 0 Å². The Balaban J connectivity index is 1.94. The highest BCUT2D eigenvalue weighted by molar-refractivity contribution is 9.10. The molecule has 1 N–H and O–H groups in total. The lowest BCUT2D eigenvalue weighted by molar-refractivity contribution is 0.239. The summed E-state index contributed by atoms with van der Waals surface area (Å²) in [6.07, 6.45) is 0.196. The van der Waals surface area contributed by atoms with Crippen LogP contribution in [0.4, 0.5) is 0 Å². The van der Waals surface area contributed by atoms with Crippen LogP contribution in [0.15, 0.2) is 53.0 Å². The Labute approximate surface area is 129 Å². The van der Waals surface area contributed by atoms with Crippen LogP contribution in [0.25, 0.3) is 0 Å². The number of hydrogen-bond acceptors (Lipinski definition) is 2. The Morgan fingerprint density at radius 1 is 1.05 bits per heavy atom. The van der Waals surface area contributed by atoms with Gasteiger partial charge in [-0.1, -0.05) is 46.3 Å². The van der Waals surface area contributed by atoms with Gasteiger partial charge >= 0.3 is 0 Å². The van der Waals surface area contributed by atoms with Crippen molar-refractivity contribution < 1.29 is 4.74 Å². The Morgan fingerprint density at radius 2 is 1.85 bits per heavy atom. The maximum absolute atomic E-state index is 5.82. The zero-order chi connectivity index (χ0) is 14.4. The molecule has 0 aliphatic heterocycles. The van der Waals surface area contributed by atoms with Gasteiger partial charge < -0.3 is 10.1 Å². The summed E-state index contributed by atoms with van der Waals surface area (Å²) in [4.78, 5) is 0. The summed E-state index contributed by atoms with van der Waals surface area (Å²) in [7, 11) is 0. The summed E-state index contributed by atoms with van der Waals surface area (Å²) < 4.78 is 6.93. The average Bonchev–Trinajstić information content (AvgIpc) is 2.40. The Kier molecular flexibility index (Phi) is 5.62. The number of halogens is 1. The van der Waals surface area contributed by atoms with Crippen LogP contribution >= 0.6 is 15.9 Å². The average molecular weight is 334 g/mol. The van der Waals surface area contributed by atoms with E-state index in [1.807, 2.05) is 38.1 Å². The predicted molar refractivity (Wildman–Crippen MR) is 86.9 cm³/mol. The van der Waals surface area contributed by atoms with Gasteiger partial charge in [-0.2, -0.15) is 0 Å².